The van der Waals surface area contributed by atoms with Crippen molar-refractivity contribution in [2.75, 3.05) is 0 Å². The van der Waals surface area contributed by atoms with E-state index in [2.05, 4.69) is 11.9 Å². The molecule has 2 aliphatic rings. The normalized spacial score (nSPS) is 18.8. The van der Waals surface area contributed by atoms with Crippen LogP contribution in [0.15, 0.2) is 4.79 Å². The van der Waals surface area contributed by atoms with E-state index in [0.29, 0.717) is 10.7 Å². The summed E-state index contributed by atoms with van der Waals surface area (Å²) in [7, 11) is 0. The molecule has 2 saturated carbocycles. The fourth-order valence-electron chi connectivity index (χ4n) is 3.47. The number of rotatable bonds is 4. The van der Waals surface area contributed by atoms with E-state index in [0.717, 1.165) is 34.2 Å². The number of fused-ring (bicyclic) bond motifs is 1. The summed E-state index contributed by atoms with van der Waals surface area (Å²) < 4.78 is 2.43. The lowest BCUT2D eigenvalue weighted by atomic mass is 9.98. The van der Waals surface area contributed by atoms with Crippen molar-refractivity contribution >= 4 is 33.8 Å². The molecule has 0 radical (unpaired) electrons. The highest BCUT2D eigenvalue weighted by atomic mass is 32.1. The molecular weight excluding hydrogens is 300 g/mol. The Morgan fingerprint density at radius 2 is 1.90 bits per heavy atom. The topological polar surface area (TPSA) is 37.8 Å². The van der Waals surface area contributed by atoms with Gasteiger partial charge in [0.25, 0.3) is 5.56 Å². The van der Waals surface area contributed by atoms with Crippen molar-refractivity contribution in [3.8, 4) is 0 Å². The van der Waals surface area contributed by atoms with E-state index in [4.69, 9.17) is 12.2 Å². The second kappa shape index (κ2) is 4.78. The first-order valence-corrected chi connectivity index (χ1v) is 9.01. The molecule has 0 unspecified atom stereocenters. The Morgan fingerprint density at radius 1 is 1.29 bits per heavy atom. The highest BCUT2D eigenvalue weighted by Gasteiger charge is 2.41. The average Bonchev–Trinajstić information content (AvgIpc) is 3.32. The smallest absolute Gasteiger partial charge is 0.263 e. The molecule has 0 amide bonds. The summed E-state index contributed by atoms with van der Waals surface area (Å²) in [5, 5.41) is 0.844. The van der Waals surface area contributed by atoms with Crippen LogP contribution in [-0.2, 0) is 6.54 Å². The minimum absolute atomic E-state index is 0.113. The standard InChI is InChI=1S/C16H20N2OS2/c1-8-9(2)21-14-13(8)15(19)18(16(20)17-14)7-12(10-3-4-10)11-5-6-11/h10-12H,3-7H2,1-2H3,(H,17,20). The molecule has 3 nitrogen and oxygen atoms in total. The number of nitrogens with zero attached hydrogens (tertiary/aromatic N) is 1. The number of thiophene rings is 1. The van der Waals surface area contributed by atoms with E-state index in [1.54, 1.807) is 11.3 Å². The Labute approximate surface area is 133 Å². The van der Waals surface area contributed by atoms with E-state index >= 15 is 0 Å². The molecule has 2 aromatic rings. The molecular formula is C16H20N2OS2. The minimum atomic E-state index is 0.113. The van der Waals surface area contributed by atoms with Crippen LogP contribution in [0.3, 0.4) is 0 Å². The van der Waals surface area contributed by atoms with Gasteiger partial charge < -0.3 is 4.98 Å². The highest BCUT2D eigenvalue weighted by Crippen LogP contribution is 2.49. The van der Waals surface area contributed by atoms with Gasteiger partial charge in [0.15, 0.2) is 4.77 Å². The molecule has 2 fully saturated rings. The number of hydrogen-bond acceptors (Lipinski definition) is 3. The number of aryl methyl sites for hydroxylation is 2. The summed E-state index contributed by atoms with van der Waals surface area (Å²) >= 11 is 7.10. The van der Waals surface area contributed by atoms with Crippen LogP contribution in [0, 0.1) is 36.4 Å². The maximum Gasteiger partial charge on any atom is 0.263 e. The number of aromatic amines is 1. The molecule has 0 spiro atoms. The van der Waals surface area contributed by atoms with E-state index < -0.39 is 0 Å². The molecule has 21 heavy (non-hydrogen) atoms. The van der Waals surface area contributed by atoms with E-state index in [-0.39, 0.29) is 5.56 Å². The van der Waals surface area contributed by atoms with Crippen LogP contribution in [0.5, 0.6) is 0 Å². The number of aromatic nitrogens is 2. The van der Waals surface area contributed by atoms with Crippen LogP contribution in [0.4, 0.5) is 0 Å². The first kappa shape index (κ1) is 13.7. The number of nitrogens with one attached hydrogen (secondary N) is 1. The SMILES string of the molecule is Cc1sc2[nH]c(=S)n(CC(C3CC3)C3CC3)c(=O)c2c1C. The summed E-state index contributed by atoms with van der Waals surface area (Å²) in [4.78, 5) is 18.3. The first-order chi connectivity index (χ1) is 10.1. The lowest BCUT2D eigenvalue weighted by Gasteiger charge is -2.17. The van der Waals surface area contributed by atoms with E-state index in [9.17, 15) is 4.79 Å². The summed E-state index contributed by atoms with van der Waals surface area (Å²) in [5.41, 5.74) is 1.22. The predicted molar refractivity (Wildman–Crippen MR) is 89.7 cm³/mol. The summed E-state index contributed by atoms with van der Waals surface area (Å²) in [6.07, 6.45) is 5.35. The van der Waals surface area contributed by atoms with Gasteiger partial charge in [-0.15, -0.1) is 11.3 Å². The summed E-state index contributed by atoms with van der Waals surface area (Å²) in [6, 6.07) is 0. The summed E-state index contributed by atoms with van der Waals surface area (Å²) in [5.74, 6) is 2.33. The van der Waals surface area contributed by atoms with Gasteiger partial charge in [-0.25, -0.2) is 0 Å². The van der Waals surface area contributed by atoms with Crippen molar-refractivity contribution in [3.63, 3.8) is 0 Å². The molecule has 1 N–H and O–H groups in total. The van der Waals surface area contributed by atoms with E-state index in [1.807, 2.05) is 11.5 Å². The molecule has 0 aromatic carbocycles. The average molecular weight is 320 g/mol. The first-order valence-electron chi connectivity index (χ1n) is 7.79. The lowest BCUT2D eigenvalue weighted by Crippen LogP contribution is -2.27. The Kier molecular flexibility index (Phi) is 3.12. The molecule has 4 rings (SSSR count). The van der Waals surface area contributed by atoms with Gasteiger partial charge in [0.2, 0.25) is 0 Å². The van der Waals surface area contributed by atoms with Gasteiger partial charge in [0.05, 0.1) is 5.39 Å². The molecule has 0 saturated heterocycles. The largest absolute Gasteiger partial charge is 0.323 e. The fourth-order valence-corrected chi connectivity index (χ4v) is 4.85. The van der Waals surface area contributed by atoms with Crippen LogP contribution in [0.2, 0.25) is 0 Å². The third-order valence-electron chi connectivity index (χ3n) is 5.16. The van der Waals surface area contributed by atoms with Crippen LogP contribution in [0.1, 0.15) is 36.1 Å². The van der Waals surface area contributed by atoms with Gasteiger partial charge in [-0.1, -0.05) is 0 Å². The van der Waals surface area contributed by atoms with Gasteiger partial charge in [-0.2, -0.15) is 0 Å². The van der Waals surface area contributed by atoms with Crippen LogP contribution >= 0.6 is 23.6 Å². The maximum atomic E-state index is 12.9. The van der Waals surface area contributed by atoms with Crippen LogP contribution in [-0.4, -0.2) is 9.55 Å². The highest BCUT2D eigenvalue weighted by molar-refractivity contribution is 7.71. The molecule has 2 aliphatic carbocycles. The van der Waals surface area contributed by atoms with Crippen molar-refractivity contribution < 1.29 is 0 Å². The Balaban J connectivity index is 1.82. The number of H-pyrrole nitrogens is 1. The Hall–Kier alpha value is -0.940. The van der Waals surface area contributed by atoms with Crippen molar-refractivity contribution in [1.82, 2.24) is 9.55 Å². The van der Waals surface area contributed by atoms with Crippen molar-refractivity contribution in [1.29, 1.82) is 0 Å². The van der Waals surface area contributed by atoms with Crippen LogP contribution in [0.25, 0.3) is 10.2 Å². The third kappa shape index (κ3) is 2.30. The fraction of sp³-hybridized carbons (Fsp3) is 0.625. The molecule has 5 heteroatoms. The van der Waals surface area contributed by atoms with E-state index in [1.165, 1.54) is 30.6 Å². The summed E-state index contributed by atoms with van der Waals surface area (Å²) in [6.45, 7) is 4.92. The van der Waals surface area contributed by atoms with Gasteiger partial charge in [-0.3, -0.25) is 9.36 Å². The molecule has 2 heterocycles. The van der Waals surface area contributed by atoms with Crippen molar-refractivity contribution in [2.45, 2.75) is 46.1 Å². The Morgan fingerprint density at radius 3 is 2.48 bits per heavy atom. The lowest BCUT2D eigenvalue weighted by molar-refractivity contribution is 0.342. The third-order valence-corrected chi connectivity index (χ3v) is 6.60. The monoisotopic (exact) mass is 320 g/mol. The van der Waals surface area contributed by atoms with Gasteiger partial charge >= 0.3 is 0 Å². The van der Waals surface area contributed by atoms with Crippen molar-refractivity contribution in [2.24, 2.45) is 17.8 Å². The zero-order valence-corrected chi connectivity index (χ0v) is 14.1. The quantitative estimate of drug-likeness (QED) is 0.858. The molecule has 2 aromatic heterocycles. The maximum absolute atomic E-state index is 12.9. The second-order valence-electron chi connectivity index (χ2n) is 6.67. The predicted octanol–water partition coefficient (Wildman–Crippen LogP) is 4.17. The zero-order chi connectivity index (χ0) is 14.7. The van der Waals surface area contributed by atoms with Crippen molar-refractivity contribution in [3.05, 3.63) is 25.6 Å². The molecule has 0 atom stereocenters. The van der Waals surface area contributed by atoms with Gasteiger partial charge in [0.1, 0.15) is 4.83 Å². The second-order valence-corrected chi connectivity index (χ2v) is 8.28. The number of hydrogen-bond donors (Lipinski definition) is 1. The molecule has 112 valence electrons. The van der Waals surface area contributed by atoms with Gasteiger partial charge in [-0.05, 0) is 75.1 Å². The molecule has 0 bridgehead atoms. The van der Waals surface area contributed by atoms with Gasteiger partial charge in [0, 0.05) is 11.4 Å². The van der Waals surface area contributed by atoms with Crippen LogP contribution < -0.4 is 5.56 Å². The minimum Gasteiger partial charge on any atom is -0.323 e. The zero-order valence-electron chi connectivity index (χ0n) is 12.4. The molecule has 0 aliphatic heterocycles. The Bertz CT molecular complexity index is 809.